The maximum atomic E-state index is 14.0. The highest BCUT2D eigenvalue weighted by Gasteiger charge is 2.30. The average molecular weight is 719 g/mol. The van der Waals surface area contributed by atoms with Gasteiger partial charge in [-0.2, -0.15) is 14.2 Å². The standard InChI is InChI=1S/C31H29Cl2N5O7S2/c1-31(2,3)45-30(39)37-16-20(15-35-37)24-12-21(32)7-10-26(24)44-27-11-9-23(14-25(27)33)47(40,41)38(29-34-18-36-46-29)17-19-6-8-22(42-4)13-28(19)43-5/h6-16,18H,17H2,1-5H3. The monoisotopic (exact) mass is 717 g/mol. The molecule has 12 nitrogen and oxygen atoms in total. The quantitative estimate of drug-likeness (QED) is 0.141. The molecule has 0 amide bonds. The van der Waals surface area contributed by atoms with Crippen LogP contribution in [0.15, 0.2) is 78.2 Å². The van der Waals surface area contributed by atoms with Crippen molar-refractivity contribution in [2.45, 2.75) is 37.8 Å². The zero-order valence-corrected chi connectivity index (χ0v) is 28.9. The van der Waals surface area contributed by atoms with Crippen molar-refractivity contribution in [2.24, 2.45) is 0 Å². The van der Waals surface area contributed by atoms with Gasteiger partial charge < -0.3 is 18.9 Å². The molecule has 0 saturated carbocycles. The molecule has 0 aliphatic carbocycles. The Morgan fingerprint density at radius 3 is 2.40 bits per heavy atom. The van der Waals surface area contributed by atoms with Crippen molar-refractivity contribution in [1.82, 2.24) is 19.1 Å². The van der Waals surface area contributed by atoms with Gasteiger partial charge in [0.1, 0.15) is 34.9 Å². The Bertz CT molecular complexity index is 2010. The van der Waals surface area contributed by atoms with Crippen molar-refractivity contribution in [3.05, 3.63) is 88.9 Å². The number of carbonyl (C=O) groups excluding carboxylic acids is 1. The van der Waals surface area contributed by atoms with E-state index in [1.807, 2.05) is 0 Å². The largest absolute Gasteiger partial charge is 0.497 e. The fourth-order valence-electron chi connectivity index (χ4n) is 4.33. The molecule has 16 heteroatoms. The van der Waals surface area contributed by atoms with Gasteiger partial charge in [-0.15, -0.1) is 0 Å². The fourth-order valence-corrected chi connectivity index (χ4v) is 6.94. The van der Waals surface area contributed by atoms with Crippen molar-refractivity contribution in [3.63, 3.8) is 0 Å². The van der Waals surface area contributed by atoms with E-state index in [0.717, 1.165) is 20.5 Å². The second-order valence-electron chi connectivity index (χ2n) is 10.9. The summed E-state index contributed by atoms with van der Waals surface area (Å²) in [5.74, 6) is 1.50. The summed E-state index contributed by atoms with van der Waals surface area (Å²) in [4.78, 5) is 16.6. The first-order chi connectivity index (χ1) is 22.3. The molecule has 0 spiro atoms. The lowest BCUT2D eigenvalue weighted by atomic mass is 10.1. The molecule has 2 aromatic heterocycles. The Morgan fingerprint density at radius 1 is 0.979 bits per heavy atom. The van der Waals surface area contributed by atoms with E-state index >= 15 is 0 Å². The molecule has 5 rings (SSSR count). The molecule has 0 unspecified atom stereocenters. The van der Waals surface area contributed by atoms with Gasteiger partial charge >= 0.3 is 6.09 Å². The van der Waals surface area contributed by atoms with Crippen LogP contribution in [0, 0.1) is 0 Å². The average Bonchev–Trinajstić information content (AvgIpc) is 3.74. The number of nitrogens with zero attached hydrogens (tertiary/aromatic N) is 5. The Hall–Kier alpha value is -4.37. The lowest BCUT2D eigenvalue weighted by molar-refractivity contribution is 0.0514. The van der Waals surface area contributed by atoms with Crippen LogP contribution >= 0.6 is 34.7 Å². The SMILES string of the molecule is COc1ccc(CN(c2ncns2)S(=O)(=O)c2ccc(Oc3ccc(Cl)cc3-c3cnn(C(=O)OC(C)(C)C)c3)c(Cl)c2)c(OC)c1. The van der Waals surface area contributed by atoms with E-state index in [4.69, 9.17) is 42.1 Å². The van der Waals surface area contributed by atoms with Crippen molar-refractivity contribution >= 4 is 56.0 Å². The number of hydrogen-bond donors (Lipinski definition) is 0. The Labute approximate surface area is 285 Å². The summed E-state index contributed by atoms with van der Waals surface area (Å²) < 4.78 is 56.6. The summed E-state index contributed by atoms with van der Waals surface area (Å²) in [6, 6.07) is 14.1. The molecular formula is C31H29Cl2N5O7S2. The summed E-state index contributed by atoms with van der Waals surface area (Å²) in [5.41, 5.74) is 0.894. The van der Waals surface area contributed by atoms with E-state index < -0.39 is 21.7 Å². The molecule has 2 heterocycles. The van der Waals surface area contributed by atoms with Crippen LogP contribution in [0.2, 0.25) is 10.0 Å². The van der Waals surface area contributed by atoms with Gasteiger partial charge in [-0.3, -0.25) is 0 Å². The van der Waals surface area contributed by atoms with Crippen LogP contribution in [0.3, 0.4) is 0 Å². The second kappa shape index (κ2) is 13.8. The predicted molar refractivity (Wildman–Crippen MR) is 179 cm³/mol. The van der Waals surface area contributed by atoms with Crippen molar-refractivity contribution in [1.29, 1.82) is 0 Å². The van der Waals surface area contributed by atoms with E-state index in [0.29, 0.717) is 39.0 Å². The van der Waals surface area contributed by atoms with Gasteiger partial charge in [0.15, 0.2) is 0 Å². The van der Waals surface area contributed by atoms with Crippen LogP contribution in [-0.4, -0.2) is 53.5 Å². The maximum Gasteiger partial charge on any atom is 0.435 e. The third-order valence-corrected chi connectivity index (χ3v) is 9.57. The van der Waals surface area contributed by atoms with Gasteiger partial charge in [-0.1, -0.05) is 23.2 Å². The van der Waals surface area contributed by atoms with E-state index in [2.05, 4.69) is 14.5 Å². The molecule has 3 aromatic carbocycles. The summed E-state index contributed by atoms with van der Waals surface area (Å²) in [6.07, 6.45) is 3.59. The number of carbonyl (C=O) groups is 1. The smallest absolute Gasteiger partial charge is 0.435 e. The molecular weight excluding hydrogens is 689 g/mol. The topological polar surface area (TPSA) is 135 Å². The van der Waals surface area contributed by atoms with Crippen LogP contribution in [-0.2, 0) is 21.3 Å². The van der Waals surface area contributed by atoms with Crippen molar-refractivity contribution < 1.29 is 32.2 Å². The van der Waals surface area contributed by atoms with Crippen molar-refractivity contribution in [2.75, 3.05) is 18.5 Å². The Morgan fingerprint density at radius 2 is 1.74 bits per heavy atom. The minimum absolute atomic E-state index is 0.0238. The van der Waals surface area contributed by atoms with Crippen LogP contribution < -0.4 is 18.5 Å². The molecule has 0 aliphatic heterocycles. The van der Waals surface area contributed by atoms with Crippen molar-refractivity contribution in [3.8, 4) is 34.1 Å². The van der Waals surface area contributed by atoms with Gasteiger partial charge in [0.25, 0.3) is 10.0 Å². The van der Waals surface area contributed by atoms with E-state index in [1.165, 1.54) is 51.1 Å². The van der Waals surface area contributed by atoms with E-state index in [9.17, 15) is 13.2 Å². The third-order valence-electron chi connectivity index (χ3n) is 6.50. The molecule has 47 heavy (non-hydrogen) atoms. The summed E-state index contributed by atoms with van der Waals surface area (Å²) in [6.45, 7) is 5.16. The molecule has 5 aromatic rings. The lowest BCUT2D eigenvalue weighted by Crippen LogP contribution is -2.30. The van der Waals surface area contributed by atoms with E-state index in [1.54, 1.807) is 57.2 Å². The molecule has 0 fully saturated rings. The highest BCUT2D eigenvalue weighted by atomic mass is 35.5. The normalized spacial score (nSPS) is 11.6. The number of benzene rings is 3. The summed E-state index contributed by atoms with van der Waals surface area (Å²) >= 11 is 13.8. The molecule has 0 saturated heterocycles. The molecule has 0 bridgehead atoms. The minimum Gasteiger partial charge on any atom is -0.497 e. The minimum atomic E-state index is -4.21. The van der Waals surface area contributed by atoms with Gasteiger partial charge in [0.2, 0.25) is 5.13 Å². The van der Waals surface area contributed by atoms with Crippen LogP contribution in [0.25, 0.3) is 11.1 Å². The molecule has 0 radical (unpaired) electrons. The zero-order chi connectivity index (χ0) is 33.9. The number of aromatic nitrogens is 4. The number of anilines is 1. The van der Waals surface area contributed by atoms with Gasteiger partial charge in [-0.25, -0.2) is 22.5 Å². The van der Waals surface area contributed by atoms with Crippen LogP contribution in [0.5, 0.6) is 23.0 Å². The predicted octanol–water partition coefficient (Wildman–Crippen LogP) is 7.70. The van der Waals surface area contributed by atoms with Gasteiger partial charge in [-0.05, 0) is 69.3 Å². The maximum absolute atomic E-state index is 14.0. The first-order valence-electron chi connectivity index (χ1n) is 13.8. The first-order valence-corrected chi connectivity index (χ1v) is 16.8. The third kappa shape index (κ3) is 7.79. The number of sulfonamides is 1. The highest BCUT2D eigenvalue weighted by Crippen LogP contribution is 2.39. The lowest BCUT2D eigenvalue weighted by Gasteiger charge is -2.23. The number of ether oxygens (including phenoxy) is 4. The second-order valence-corrected chi connectivity index (χ2v) is 14.4. The highest BCUT2D eigenvalue weighted by molar-refractivity contribution is 7.93. The molecule has 0 atom stereocenters. The van der Waals surface area contributed by atoms with Crippen LogP contribution in [0.4, 0.5) is 9.93 Å². The fraction of sp³-hybridized carbons (Fsp3) is 0.226. The number of methoxy groups -OCH3 is 2. The first kappa shape index (κ1) is 34.0. The number of hydrogen-bond acceptors (Lipinski definition) is 11. The number of rotatable bonds is 10. The summed E-state index contributed by atoms with van der Waals surface area (Å²) in [7, 11) is -1.20. The molecule has 0 N–H and O–H groups in total. The van der Waals surface area contributed by atoms with Crippen LogP contribution in [0.1, 0.15) is 26.3 Å². The van der Waals surface area contributed by atoms with E-state index in [-0.39, 0.29) is 27.3 Å². The molecule has 246 valence electrons. The zero-order valence-electron chi connectivity index (χ0n) is 25.8. The van der Waals surface area contributed by atoms with Gasteiger partial charge in [0.05, 0.1) is 36.9 Å². The molecule has 0 aliphatic rings. The van der Waals surface area contributed by atoms with Gasteiger partial charge in [0, 0.05) is 45.5 Å². The Balaban J connectivity index is 1.45. The Kier molecular flexibility index (Phi) is 9.96. The summed E-state index contributed by atoms with van der Waals surface area (Å²) in [5, 5.41) is 4.71. The number of halogens is 2.